The first-order chi connectivity index (χ1) is 21.9. The number of allylic oxidation sites excluding steroid dienone is 5. The van der Waals surface area contributed by atoms with Gasteiger partial charge in [0.2, 0.25) is 0 Å². The fraction of sp³-hybridized carbons (Fsp3) is 0.541. The fourth-order valence-corrected chi connectivity index (χ4v) is 7.05. The number of thiazole rings is 1. The molecule has 1 N–H and O–H groups in total. The summed E-state index contributed by atoms with van der Waals surface area (Å²) in [4.78, 5) is 30.1. The number of benzene rings is 1. The maximum atomic E-state index is 13.2. The molecule has 7 nitrogen and oxygen atoms in total. The lowest BCUT2D eigenvalue weighted by atomic mass is 9.83. The number of nitrogens with zero attached hydrogens (tertiary/aromatic N) is 1. The van der Waals surface area contributed by atoms with Crippen LogP contribution in [0.4, 0.5) is 0 Å². The summed E-state index contributed by atoms with van der Waals surface area (Å²) in [5, 5.41) is 3.98. The van der Waals surface area contributed by atoms with Crippen LogP contribution in [0.2, 0.25) is 0 Å². The van der Waals surface area contributed by atoms with Gasteiger partial charge in [-0.05, 0) is 99.5 Å². The van der Waals surface area contributed by atoms with Crippen LogP contribution in [0.5, 0.6) is 5.75 Å². The monoisotopic (exact) mass is 632 g/mol. The molecule has 2 aromatic rings. The van der Waals surface area contributed by atoms with Gasteiger partial charge in [-0.1, -0.05) is 37.3 Å². The average molecular weight is 633 g/mol. The maximum Gasteiger partial charge on any atom is 0.263 e. The van der Waals surface area contributed by atoms with Crippen molar-refractivity contribution in [2.45, 2.75) is 96.6 Å². The minimum atomic E-state index is -0.128. The van der Waals surface area contributed by atoms with Gasteiger partial charge in [-0.2, -0.15) is 0 Å². The largest absolute Gasteiger partial charge is 0.497 e. The Labute approximate surface area is 272 Å². The summed E-state index contributed by atoms with van der Waals surface area (Å²) in [6.45, 7) is 4.89. The summed E-state index contributed by atoms with van der Waals surface area (Å²) >= 11 is 1.36. The molecular formula is C37H48N2O5S. The molecule has 0 aliphatic heterocycles. The number of ether oxygens (including phenoxy) is 3. The first-order valence-electron chi connectivity index (χ1n) is 16.6. The lowest BCUT2D eigenvalue weighted by Gasteiger charge is -2.29. The van der Waals surface area contributed by atoms with E-state index in [2.05, 4.69) is 53.7 Å². The normalized spacial score (nSPS) is 20.5. The third-order valence-corrected chi connectivity index (χ3v) is 10.1. The number of nitrogens with one attached hydrogen (secondary N) is 1. The number of hydrogen-bond donors (Lipinski definition) is 1. The van der Waals surface area contributed by atoms with E-state index in [1.165, 1.54) is 49.7 Å². The second kappa shape index (κ2) is 16.4. The zero-order chi connectivity index (χ0) is 31.6. The predicted octanol–water partition coefficient (Wildman–Crippen LogP) is 8.01. The highest BCUT2D eigenvalue weighted by atomic mass is 32.1. The minimum absolute atomic E-state index is 0.0318. The van der Waals surface area contributed by atoms with Crippen LogP contribution in [0.15, 0.2) is 59.9 Å². The number of carbonyl (C=O) groups excluding carboxylic acids is 2. The van der Waals surface area contributed by atoms with Crippen molar-refractivity contribution in [3.63, 3.8) is 0 Å². The maximum absolute atomic E-state index is 13.2. The van der Waals surface area contributed by atoms with E-state index in [0.717, 1.165) is 66.7 Å². The number of ketones is 1. The van der Waals surface area contributed by atoms with Crippen molar-refractivity contribution < 1.29 is 23.8 Å². The number of hydrogen-bond acceptors (Lipinski definition) is 7. The van der Waals surface area contributed by atoms with Crippen molar-refractivity contribution in [2.75, 3.05) is 20.3 Å². The summed E-state index contributed by atoms with van der Waals surface area (Å²) in [6, 6.07) is 8.06. The molecule has 1 unspecified atom stereocenters. The molecule has 45 heavy (non-hydrogen) atoms. The third kappa shape index (κ3) is 10.1. The Bertz CT molecular complexity index is 1380. The number of rotatable bonds is 16. The van der Waals surface area contributed by atoms with E-state index in [-0.39, 0.29) is 30.4 Å². The predicted molar refractivity (Wildman–Crippen MR) is 179 cm³/mol. The molecule has 2 fully saturated rings. The van der Waals surface area contributed by atoms with Crippen LogP contribution >= 0.6 is 11.3 Å². The van der Waals surface area contributed by atoms with Gasteiger partial charge in [0.25, 0.3) is 5.91 Å². The first-order valence-corrected chi connectivity index (χ1v) is 17.4. The van der Waals surface area contributed by atoms with Gasteiger partial charge in [-0.15, -0.1) is 11.3 Å². The summed E-state index contributed by atoms with van der Waals surface area (Å²) in [5.41, 5.74) is 3.13. The molecule has 1 aromatic heterocycles. The van der Waals surface area contributed by atoms with Crippen LogP contribution in [0.25, 0.3) is 0 Å². The van der Waals surface area contributed by atoms with Crippen LogP contribution in [0, 0.1) is 18.8 Å². The molecule has 1 amide bonds. The SMILES string of the molecule is CCC(NC(=O)c1sc(CCC(=O)COC)nc1C)c1ccc(OC2CCC(CC3=CC=CCC(OCC4CC4)=C3)CC2)cc1. The number of carbonyl (C=O) groups is 2. The van der Waals surface area contributed by atoms with E-state index in [9.17, 15) is 9.59 Å². The zero-order valence-electron chi connectivity index (χ0n) is 27.0. The summed E-state index contributed by atoms with van der Waals surface area (Å²) in [5.74, 6) is 3.35. The van der Waals surface area contributed by atoms with Crippen LogP contribution in [-0.2, 0) is 20.7 Å². The Morgan fingerprint density at radius 1 is 1.07 bits per heavy atom. The Kier molecular flexibility index (Phi) is 12.1. The number of aromatic nitrogens is 1. The highest BCUT2D eigenvalue weighted by Crippen LogP contribution is 2.34. The van der Waals surface area contributed by atoms with E-state index in [0.29, 0.717) is 29.3 Å². The molecule has 1 aromatic carbocycles. The molecule has 1 atom stereocenters. The Morgan fingerprint density at radius 2 is 1.82 bits per heavy atom. The van der Waals surface area contributed by atoms with E-state index in [1.54, 1.807) is 0 Å². The number of amides is 1. The number of aryl methyl sites for hydroxylation is 2. The highest BCUT2D eigenvalue weighted by molar-refractivity contribution is 7.13. The lowest BCUT2D eigenvalue weighted by Crippen LogP contribution is -2.28. The molecule has 8 heteroatoms. The number of methoxy groups -OCH3 is 1. The van der Waals surface area contributed by atoms with Crippen LogP contribution in [0.1, 0.15) is 103 Å². The molecular weight excluding hydrogens is 584 g/mol. The Balaban J connectivity index is 1.07. The fourth-order valence-electron chi connectivity index (χ4n) is 6.08. The van der Waals surface area contributed by atoms with E-state index >= 15 is 0 Å². The van der Waals surface area contributed by atoms with Gasteiger partial charge in [-0.3, -0.25) is 9.59 Å². The van der Waals surface area contributed by atoms with Gasteiger partial charge in [0.05, 0.1) is 35.2 Å². The molecule has 5 rings (SSSR count). The third-order valence-electron chi connectivity index (χ3n) is 8.90. The zero-order valence-corrected chi connectivity index (χ0v) is 27.8. The smallest absolute Gasteiger partial charge is 0.263 e. The second-order valence-corrected chi connectivity index (χ2v) is 13.8. The van der Waals surface area contributed by atoms with Crippen molar-refractivity contribution in [1.82, 2.24) is 10.3 Å². The minimum Gasteiger partial charge on any atom is -0.497 e. The van der Waals surface area contributed by atoms with Crippen LogP contribution in [-0.4, -0.2) is 43.1 Å². The second-order valence-electron chi connectivity index (χ2n) is 12.7. The summed E-state index contributed by atoms with van der Waals surface area (Å²) in [6.07, 6.45) is 19.9. The number of Topliss-reactive ketones (excluding diaryl/α,β-unsaturated/α-hetero) is 1. The van der Waals surface area contributed by atoms with Gasteiger partial charge in [0, 0.05) is 26.4 Å². The quantitative estimate of drug-likeness (QED) is 0.202. The van der Waals surface area contributed by atoms with Crippen molar-refractivity contribution in [3.8, 4) is 5.75 Å². The van der Waals surface area contributed by atoms with E-state index < -0.39 is 0 Å². The van der Waals surface area contributed by atoms with Crippen molar-refractivity contribution in [1.29, 1.82) is 0 Å². The summed E-state index contributed by atoms with van der Waals surface area (Å²) in [7, 11) is 1.51. The molecule has 242 valence electrons. The van der Waals surface area contributed by atoms with Crippen LogP contribution < -0.4 is 10.1 Å². The molecule has 0 spiro atoms. The van der Waals surface area contributed by atoms with Gasteiger partial charge in [-0.25, -0.2) is 4.98 Å². The Hall–Kier alpha value is -3.23. The lowest BCUT2D eigenvalue weighted by molar-refractivity contribution is -0.122. The molecule has 2 saturated carbocycles. The molecule has 3 aliphatic rings. The first kappa shape index (κ1) is 33.1. The molecule has 3 aliphatic carbocycles. The highest BCUT2D eigenvalue weighted by Gasteiger charge is 2.25. The molecule has 0 radical (unpaired) electrons. The van der Waals surface area contributed by atoms with Gasteiger partial charge < -0.3 is 19.5 Å². The Morgan fingerprint density at radius 3 is 2.53 bits per heavy atom. The topological polar surface area (TPSA) is 86.8 Å². The van der Waals surface area contributed by atoms with Crippen LogP contribution in [0.3, 0.4) is 0 Å². The van der Waals surface area contributed by atoms with E-state index in [4.69, 9.17) is 14.2 Å². The average Bonchev–Trinajstić information content (AvgIpc) is 3.83. The molecule has 0 saturated heterocycles. The van der Waals surface area contributed by atoms with Gasteiger partial charge in [0.1, 0.15) is 17.2 Å². The standard InChI is InChI=1S/C37H48N2O5S/c1-4-34(39-37(41)36-25(2)38-35(45-36)20-15-30(40)24-42-3)29-13-18-32(19-14-29)44-31-16-11-26(12-17-31)21-28-7-5-6-8-33(22-28)43-23-27-9-10-27/h5-7,13-14,18-19,22,26-27,31,34H,4,8-12,15-17,20-21,23-24H2,1-3H3,(H,39,41). The van der Waals surface area contributed by atoms with Gasteiger partial charge >= 0.3 is 0 Å². The van der Waals surface area contributed by atoms with E-state index in [1.807, 2.05) is 19.1 Å². The van der Waals surface area contributed by atoms with Crippen molar-refractivity contribution in [3.05, 3.63) is 81.0 Å². The van der Waals surface area contributed by atoms with Crippen molar-refractivity contribution in [2.24, 2.45) is 11.8 Å². The molecule has 0 bridgehead atoms. The molecule has 1 heterocycles. The summed E-state index contributed by atoms with van der Waals surface area (Å²) < 4.78 is 17.4. The van der Waals surface area contributed by atoms with Gasteiger partial charge in [0.15, 0.2) is 5.78 Å². The van der Waals surface area contributed by atoms with Crippen molar-refractivity contribution >= 4 is 23.0 Å².